The number of nitrogens with zero attached hydrogens (tertiary/aromatic N) is 1. The van der Waals surface area contributed by atoms with E-state index in [4.69, 9.17) is 9.84 Å². The number of carboxylic acids is 1. The lowest BCUT2D eigenvalue weighted by atomic mass is 10.2. The quantitative estimate of drug-likeness (QED) is 0.833. The van der Waals surface area contributed by atoms with Crippen molar-refractivity contribution in [2.75, 3.05) is 7.11 Å². The molecule has 0 aliphatic heterocycles. The highest BCUT2D eigenvalue weighted by Crippen LogP contribution is 2.19. The van der Waals surface area contributed by atoms with Crippen molar-refractivity contribution >= 4 is 16.9 Å². The van der Waals surface area contributed by atoms with Crippen LogP contribution in [0.25, 0.3) is 10.9 Å². The van der Waals surface area contributed by atoms with E-state index < -0.39 is 5.97 Å². The number of aromatic nitrogens is 1. The zero-order chi connectivity index (χ0) is 10.8. The van der Waals surface area contributed by atoms with Crippen LogP contribution in [0, 0.1) is 0 Å². The first-order chi connectivity index (χ1) is 7.24. The summed E-state index contributed by atoms with van der Waals surface area (Å²) < 4.78 is 6.62. The Morgan fingerprint density at radius 2 is 2.20 bits per heavy atom. The minimum Gasteiger partial charge on any atom is -0.477 e. The topological polar surface area (TPSA) is 51.5 Å². The lowest BCUT2D eigenvalue weighted by Gasteiger charge is -2.05. The number of hydrogen-bond donors (Lipinski definition) is 1. The van der Waals surface area contributed by atoms with Crippen molar-refractivity contribution in [2.24, 2.45) is 0 Å². The average molecular weight is 205 g/mol. The van der Waals surface area contributed by atoms with Crippen molar-refractivity contribution in [2.45, 2.75) is 6.73 Å². The maximum absolute atomic E-state index is 11.0. The first kappa shape index (κ1) is 9.73. The van der Waals surface area contributed by atoms with E-state index in [2.05, 4.69) is 0 Å². The predicted molar refractivity (Wildman–Crippen MR) is 55.9 cm³/mol. The number of rotatable bonds is 3. The number of carbonyl (C=O) groups is 1. The van der Waals surface area contributed by atoms with E-state index in [-0.39, 0.29) is 12.4 Å². The SMILES string of the molecule is COCn1c(C(=O)O)cc2ccccc21. The lowest BCUT2D eigenvalue weighted by molar-refractivity contribution is 0.0664. The zero-order valence-electron chi connectivity index (χ0n) is 8.30. The summed E-state index contributed by atoms with van der Waals surface area (Å²) in [4.78, 5) is 11.0. The van der Waals surface area contributed by atoms with Crippen molar-refractivity contribution in [1.82, 2.24) is 4.57 Å². The molecule has 0 bridgehead atoms. The highest BCUT2D eigenvalue weighted by atomic mass is 16.5. The molecule has 4 heteroatoms. The molecule has 0 spiro atoms. The van der Waals surface area contributed by atoms with Gasteiger partial charge in [0.25, 0.3) is 0 Å². The molecule has 0 fully saturated rings. The van der Waals surface area contributed by atoms with Gasteiger partial charge in [-0.1, -0.05) is 18.2 Å². The van der Waals surface area contributed by atoms with Crippen LogP contribution in [0.5, 0.6) is 0 Å². The molecule has 0 aliphatic carbocycles. The van der Waals surface area contributed by atoms with Gasteiger partial charge in [0.2, 0.25) is 0 Å². The number of benzene rings is 1. The Kier molecular flexibility index (Phi) is 2.43. The maximum atomic E-state index is 11.0. The van der Waals surface area contributed by atoms with E-state index in [0.29, 0.717) is 0 Å². The first-order valence-electron chi connectivity index (χ1n) is 4.54. The van der Waals surface area contributed by atoms with Gasteiger partial charge in [-0.15, -0.1) is 0 Å². The summed E-state index contributed by atoms with van der Waals surface area (Å²) in [6, 6.07) is 9.16. The third-order valence-electron chi connectivity index (χ3n) is 2.29. The van der Waals surface area contributed by atoms with Gasteiger partial charge in [-0.25, -0.2) is 4.79 Å². The van der Waals surface area contributed by atoms with Crippen molar-refractivity contribution in [1.29, 1.82) is 0 Å². The van der Waals surface area contributed by atoms with E-state index in [1.807, 2.05) is 24.3 Å². The highest BCUT2D eigenvalue weighted by molar-refractivity contribution is 5.94. The molecule has 2 aromatic rings. The van der Waals surface area contributed by atoms with Gasteiger partial charge in [0.15, 0.2) is 0 Å². The Labute approximate surface area is 86.7 Å². The number of hydrogen-bond acceptors (Lipinski definition) is 2. The molecule has 0 amide bonds. The molecular formula is C11H11NO3. The van der Waals surface area contributed by atoms with E-state index in [0.717, 1.165) is 10.9 Å². The van der Waals surface area contributed by atoms with E-state index in [9.17, 15) is 4.79 Å². The summed E-state index contributed by atoms with van der Waals surface area (Å²) in [6.45, 7) is 0.245. The molecule has 78 valence electrons. The average Bonchev–Trinajstić information content (AvgIpc) is 2.58. The normalized spacial score (nSPS) is 10.7. The molecule has 2 rings (SSSR count). The molecule has 1 aromatic heterocycles. The van der Waals surface area contributed by atoms with Gasteiger partial charge in [-0.2, -0.15) is 0 Å². The van der Waals surface area contributed by atoms with Gasteiger partial charge >= 0.3 is 5.97 Å². The molecule has 1 heterocycles. The second-order valence-electron chi connectivity index (χ2n) is 3.24. The Bertz CT molecular complexity index is 502. The summed E-state index contributed by atoms with van der Waals surface area (Å²) >= 11 is 0. The van der Waals surface area contributed by atoms with Crippen molar-refractivity contribution in [3.63, 3.8) is 0 Å². The molecule has 0 saturated carbocycles. The smallest absolute Gasteiger partial charge is 0.352 e. The van der Waals surface area contributed by atoms with Crippen molar-refractivity contribution < 1.29 is 14.6 Å². The van der Waals surface area contributed by atoms with Crippen LogP contribution in [0.4, 0.5) is 0 Å². The molecule has 0 saturated heterocycles. The minimum absolute atomic E-state index is 0.245. The van der Waals surface area contributed by atoms with Gasteiger partial charge in [0, 0.05) is 12.5 Å². The first-order valence-corrected chi connectivity index (χ1v) is 4.54. The van der Waals surface area contributed by atoms with Gasteiger partial charge in [0.1, 0.15) is 12.4 Å². The molecule has 0 aliphatic rings. The zero-order valence-corrected chi connectivity index (χ0v) is 8.30. The largest absolute Gasteiger partial charge is 0.477 e. The number of para-hydroxylation sites is 1. The summed E-state index contributed by atoms with van der Waals surface area (Å²) in [5.74, 6) is -0.941. The third kappa shape index (κ3) is 1.59. The van der Waals surface area contributed by atoms with E-state index in [1.165, 1.54) is 0 Å². The predicted octanol–water partition coefficient (Wildman–Crippen LogP) is 1.94. The van der Waals surface area contributed by atoms with Crippen LogP contribution in [0.3, 0.4) is 0 Å². The van der Waals surface area contributed by atoms with Crippen LogP contribution >= 0.6 is 0 Å². The van der Waals surface area contributed by atoms with Gasteiger partial charge in [0.05, 0.1) is 5.52 Å². The van der Waals surface area contributed by atoms with Crippen LogP contribution in [0.2, 0.25) is 0 Å². The molecule has 1 N–H and O–H groups in total. The Morgan fingerprint density at radius 3 is 2.87 bits per heavy atom. The summed E-state index contributed by atoms with van der Waals surface area (Å²) in [5.41, 5.74) is 1.12. The summed E-state index contributed by atoms with van der Waals surface area (Å²) in [6.07, 6.45) is 0. The number of fused-ring (bicyclic) bond motifs is 1. The molecule has 4 nitrogen and oxygen atoms in total. The van der Waals surface area contributed by atoms with Crippen LogP contribution in [-0.2, 0) is 11.5 Å². The number of carboxylic acid groups (broad SMARTS) is 1. The standard InChI is InChI=1S/C11H11NO3/c1-15-7-12-9-5-3-2-4-8(9)6-10(12)11(13)14/h2-6H,7H2,1H3,(H,13,14). The van der Waals surface area contributed by atoms with Crippen LogP contribution in [-0.4, -0.2) is 22.8 Å². The molecule has 15 heavy (non-hydrogen) atoms. The van der Waals surface area contributed by atoms with Gasteiger partial charge in [-0.05, 0) is 12.1 Å². The fourth-order valence-electron chi connectivity index (χ4n) is 1.66. The second-order valence-corrected chi connectivity index (χ2v) is 3.24. The molecule has 0 atom stereocenters. The number of ether oxygens (including phenoxy) is 1. The Hall–Kier alpha value is -1.81. The van der Waals surface area contributed by atoms with Crippen molar-refractivity contribution in [3.8, 4) is 0 Å². The fourth-order valence-corrected chi connectivity index (χ4v) is 1.66. The lowest BCUT2D eigenvalue weighted by Crippen LogP contribution is -2.09. The minimum atomic E-state index is -0.941. The van der Waals surface area contributed by atoms with Crippen LogP contribution < -0.4 is 0 Å². The van der Waals surface area contributed by atoms with Gasteiger partial charge in [-0.3, -0.25) is 0 Å². The Balaban J connectivity index is 2.68. The number of aromatic carboxylic acids is 1. The molecule has 0 radical (unpaired) electrons. The van der Waals surface area contributed by atoms with E-state index in [1.54, 1.807) is 17.7 Å². The Morgan fingerprint density at radius 1 is 1.47 bits per heavy atom. The van der Waals surface area contributed by atoms with Crippen LogP contribution in [0.1, 0.15) is 10.5 Å². The fraction of sp³-hybridized carbons (Fsp3) is 0.182. The highest BCUT2D eigenvalue weighted by Gasteiger charge is 2.13. The van der Waals surface area contributed by atoms with Gasteiger partial charge < -0.3 is 14.4 Å². The maximum Gasteiger partial charge on any atom is 0.352 e. The third-order valence-corrected chi connectivity index (χ3v) is 2.29. The van der Waals surface area contributed by atoms with Crippen LogP contribution in [0.15, 0.2) is 30.3 Å². The molecule has 0 unspecified atom stereocenters. The molecular weight excluding hydrogens is 194 g/mol. The summed E-state index contributed by atoms with van der Waals surface area (Å²) in [5, 5.41) is 9.93. The summed E-state index contributed by atoms with van der Waals surface area (Å²) in [7, 11) is 1.54. The molecule has 1 aromatic carbocycles. The number of methoxy groups -OCH3 is 1. The monoisotopic (exact) mass is 205 g/mol. The van der Waals surface area contributed by atoms with E-state index >= 15 is 0 Å². The van der Waals surface area contributed by atoms with Crippen molar-refractivity contribution in [3.05, 3.63) is 36.0 Å². The second kappa shape index (κ2) is 3.74.